The summed E-state index contributed by atoms with van der Waals surface area (Å²) in [7, 11) is 0. The number of carbonyl (C=O) groups is 1. The second kappa shape index (κ2) is 10.7. The van der Waals surface area contributed by atoms with Crippen molar-refractivity contribution in [2.45, 2.75) is 26.4 Å². The number of allylic oxidation sites excluding steroid dienone is 6. The van der Waals surface area contributed by atoms with Gasteiger partial charge in [-0.2, -0.15) is 17.6 Å². The molecule has 0 spiro atoms. The lowest BCUT2D eigenvalue weighted by Gasteiger charge is -2.07. The van der Waals surface area contributed by atoms with Crippen molar-refractivity contribution in [3.63, 3.8) is 0 Å². The van der Waals surface area contributed by atoms with Crippen LogP contribution in [0.15, 0.2) is 92.2 Å². The number of aromatic nitrogens is 1. The van der Waals surface area contributed by atoms with Gasteiger partial charge in [0.25, 0.3) is 0 Å². The van der Waals surface area contributed by atoms with Crippen LogP contribution in [0.3, 0.4) is 0 Å². The third-order valence-corrected chi connectivity index (χ3v) is 5.19. The van der Waals surface area contributed by atoms with E-state index < -0.39 is 23.5 Å². The van der Waals surface area contributed by atoms with Gasteiger partial charge in [0.1, 0.15) is 17.0 Å². The Morgan fingerprint density at radius 2 is 2.06 bits per heavy atom. The number of hydrogen-bond donors (Lipinski definition) is 1. The number of halogens is 5. The number of furan rings is 1. The highest BCUT2D eigenvalue weighted by Gasteiger charge is 2.33. The van der Waals surface area contributed by atoms with Crippen LogP contribution in [-0.4, -0.2) is 23.0 Å². The van der Waals surface area contributed by atoms with Crippen molar-refractivity contribution in [1.29, 1.82) is 0 Å². The SMILES string of the molecule is C=C(N=C(C)/C(C)=C\CNC1=CC=C(Cl)C=C=C1F)C(=O)Cc1cc2cnc(C(F)(F)F)cc2o1. The highest BCUT2D eigenvalue weighted by atomic mass is 35.5. The van der Waals surface area contributed by atoms with Crippen molar-refractivity contribution < 1.29 is 26.8 Å². The predicted molar refractivity (Wildman–Crippen MR) is 126 cm³/mol. The molecule has 0 saturated heterocycles. The number of alkyl halides is 3. The number of nitrogens with one attached hydrogen (secondary N) is 1. The quantitative estimate of drug-likeness (QED) is 0.192. The first-order chi connectivity index (χ1) is 16.4. The van der Waals surface area contributed by atoms with Gasteiger partial charge in [-0.05, 0) is 37.6 Å². The van der Waals surface area contributed by atoms with Crippen molar-refractivity contribution >= 4 is 34.1 Å². The summed E-state index contributed by atoms with van der Waals surface area (Å²) in [6.07, 6.45) is 2.34. The maximum absolute atomic E-state index is 13.9. The van der Waals surface area contributed by atoms with E-state index in [1.54, 1.807) is 19.9 Å². The Labute approximate surface area is 203 Å². The first kappa shape index (κ1) is 25.9. The third-order valence-electron chi connectivity index (χ3n) is 4.96. The minimum atomic E-state index is -4.60. The molecule has 2 heterocycles. The zero-order valence-electron chi connectivity index (χ0n) is 18.8. The number of ketones is 1. The molecule has 0 aliphatic heterocycles. The van der Waals surface area contributed by atoms with E-state index in [9.17, 15) is 22.4 Å². The van der Waals surface area contributed by atoms with E-state index in [0.717, 1.165) is 17.8 Å². The van der Waals surface area contributed by atoms with Crippen molar-refractivity contribution in [1.82, 2.24) is 10.3 Å². The lowest BCUT2D eigenvalue weighted by Crippen LogP contribution is -2.14. The summed E-state index contributed by atoms with van der Waals surface area (Å²) in [5, 5.41) is 3.60. The molecular formula is C25H20ClF4N3O2. The maximum atomic E-state index is 13.9. The molecule has 10 heteroatoms. The van der Waals surface area contributed by atoms with Crippen LogP contribution in [0.5, 0.6) is 0 Å². The molecule has 0 atom stereocenters. The van der Waals surface area contributed by atoms with Crippen molar-refractivity contribution in [3.05, 3.63) is 94.2 Å². The van der Waals surface area contributed by atoms with Gasteiger partial charge in [0.05, 0.1) is 17.8 Å². The molecule has 0 bridgehead atoms. The van der Waals surface area contributed by atoms with Gasteiger partial charge < -0.3 is 9.73 Å². The van der Waals surface area contributed by atoms with Crippen molar-refractivity contribution in [3.8, 4) is 0 Å². The molecule has 0 unspecified atom stereocenters. The average molecular weight is 506 g/mol. The molecule has 1 aliphatic rings. The van der Waals surface area contributed by atoms with Gasteiger partial charge in [0, 0.05) is 41.0 Å². The van der Waals surface area contributed by atoms with E-state index in [4.69, 9.17) is 16.0 Å². The molecule has 182 valence electrons. The lowest BCUT2D eigenvalue weighted by atomic mass is 10.1. The van der Waals surface area contributed by atoms with Gasteiger partial charge in [-0.1, -0.05) is 30.0 Å². The summed E-state index contributed by atoms with van der Waals surface area (Å²) < 4.78 is 57.8. The number of Topliss-reactive ketones (excluding diaryl/α,β-unsaturated/α-hetero) is 1. The summed E-state index contributed by atoms with van der Waals surface area (Å²) in [6.45, 7) is 7.41. The average Bonchev–Trinajstić information content (AvgIpc) is 3.12. The molecule has 1 aliphatic carbocycles. The Balaban J connectivity index is 1.62. The number of pyridine rings is 1. The zero-order chi connectivity index (χ0) is 25.8. The van der Waals surface area contributed by atoms with Crippen LogP contribution >= 0.6 is 11.6 Å². The summed E-state index contributed by atoms with van der Waals surface area (Å²) in [5.41, 5.74) is 2.75. The number of nitrogens with zero attached hydrogens (tertiary/aromatic N) is 2. The third kappa shape index (κ3) is 6.91. The Morgan fingerprint density at radius 3 is 2.77 bits per heavy atom. The van der Waals surface area contributed by atoms with Crippen molar-refractivity contribution in [2.24, 2.45) is 4.99 Å². The summed E-state index contributed by atoms with van der Waals surface area (Å²) >= 11 is 5.82. The van der Waals surface area contributed by atoms with Gasteiger partial charge >= 0.3 is 6.18 Å². The fraction of sp³-hybridized carbons (Fsp3) is 0.200. The van der Waals surface area contributed by atoms with Crippen molar-refractivity contribution in [2.75, 3.05) is 6.54 Å². The largest absolute Gasteiger partial charge is 0.460 e. The summed E-state index contributed by atoms with van der Waals surface area (Å²) in [4.78, 5) is 20.1. The van der Waals surface area contributed by atoms with Gasteiger partial charge in [0.2, 0.25) is 0 Å². The summed E-state index contributed by atoms with van der Waals surface area (Å²) in [5.74, 6) is -0.862. The molecule has 0 saturated carbocycles. The van der Waals surface area contributed by atoms with Crippen LogP contribution in [0, 0.1) is 0 Å². The first-order valence-electron chi connectivity index (χ1n) is 10.3. The Hall–Kier alpha value is -3.68. The normalized spacial score (nSPS) is 14.9. The molecule has 2 aromatic rings. The second-order valence-electron chi connectivity index (χ2n) is 7.56. The Morgan fingerprint density at radius 1 is 1.31 bits per heavy atom. The topological polar surface area (TPSA) is 67.5 Å². The molecule has 1 N–H and O–H groups in total. The molecule has 2 aromatic heterocycles. The first-order valence-corrected chi connectivity index (χ1v) is 10.7. The van der Waals surface area contributed by atoms with Crippen LogP contribution in [0.25, 0.3) is 11.0 Å². The van der Waals surface area contributed by atoms with Gasteiger partial charge in [-0.15, -0.1) is 0 Å². The van der Waals surface area contributed by atoms with E-state index >= 15 is 0 Å². The highest BCUT2D eigenvalue weighted by molar-refractivity contribution is 6.31. The molecule has 35 heavy (non-hydrogen) atoms. The lowest BCUT2D eigenvalue weighted by molar-refractivity contribution is -0.141. The predicted octanol–water partition coefficient (Wildman–Crippen LogP) is 6.50. The zero-order valence-corrected chi connectivity index (χ0v) is 19.5. The number of rotatable bonds is 8. The minimum absolute atomic E-state index is 0.0185. The number of carbonyl (C=O) groups excluding carboxylic acids is 1. The van der Waals surface area contributed by atoms with E-state index in [0.29, 0.717) is 16.1 Å². The van der Waals surface area contributed by atoms with Crippen LogP contribution in [0.2, 0.25) is 0 Å². The van der Waals surface area contributed by atoms with Crippen LogP contribution in [0.4, 0.5) is 17.6 Å². The maximum Gasteiger partial charge on any atom is 0.433 e. The molecular weight excluding hydrogens is 486 g/mol. The molecule has 5 nitrogen and oxygen atoms in total. The molecule has 0 aromatic carbocycles. The smallest absolute Gasteiger partial charge is 0.433 e. The molecule has 0 amide bonds. The van der Waals surface area contributed by atoms with Gasteiger partial charge in [0.15, 0.2) is 11.6 Å². The van der Waals surface area contributed by atoms with Gasteiger partial charge in [-0.3, -0.25) is 14.8 Å². The van der Waals surface area contributed by atoms with E-state index in [2.05, 4.69) is 27.6 Å². The van der Waals surface area contributed by atoms with Crippen LogP contribution < -0.4 is 5.32 Å². The number of fused-ring (bicyclic) bond motifs is 1. The van der Waals surface area contributed by atoms with Crippen LogP contribution in [-0.2, 0) is 17.4 Å². The highest BCUT2D eigenvalue weighted by Crippen LogP contribution is 2.30. The standard InChI is InChI=1S/C25H20ClF4N3O2/c1-14(8-9-31-21-7-5-18(26)4-6-20(21)27)15(2)33-16(3)22(34)11-19-10-17-13-32-24(25(28,29)30)12-23(17)35-19/h4-5,7-8,10,12-13,31H,3,9,11H2,1-2H3/b14-8-,33-15?. The molecule has 3 rings (SSSR count). The fourth-order valence-electron chi connectivity index (χ4n) is 2.94. The second-order valence-corrected chi connectivity index (χ2v) is 8.00. The fourth-order valence-corrected chi connectivity index (χ4v) is 3.05. The minimum Gasteiger partial charge on any atom is -0.460 e. The van der Waals surface area contributed by atoms with Gasteiger partial charge in [-0.25, -0.2) is 0 Å². The van der Waals surface area contributed by atoms with Crippen LogP contribution in [0.1, 0.15) is 25.3 Å². The molecule has 0 radical (unpaired) electrons. The van der Waals surface area contributed by atoms with E-state index in [1.807, 2.05) is 0 Å². The molecule has 0 fully saturated rings. The number of hydrogen-bond acceptors (Lipinski definition) is 5. The monoisotopic (exact) mass is 505 g/mol. The van der Waals surface area contributed by atoms with E-state index in [-0.39, 0.29) is 35.7 Å². The Kier molecular flexibility index (Phi) is 7.94. The summed E-state index contributed by atoms with van der Waals surface area (Å²) in [6, 6.07) is 2.24. The van der Waals surface area contributed by atoms with E-state index in [1.165, 1.54) is 24.3 Å². The number of aliphatic imine (C=N–C) groups is 1. The Bertz CT molecular complexity index is 1370.